The van der Waals surface area contributed by atoms with Crippen LogP contribution in [0.2, 0.25) is 0 Å². The molecule has 0 radical (unpaired) electrons. The molecule has 1 aliphatic rings. The third kappa shape index (κ3) is 4.96. The zero-order chi connectivity index (χ0) is 21.4. The summed E-state index contributed by atoms with van der Waals surface area (Å²) in [5, 5.41) is 14.5. The molecule has 1 fully saturated rings. The summed E-state index contributed by atoms with van der Waals surface area (Å²) in [6.45, 7) is 2.97. The van der Waals surface area contributed by atoms with Gasteiger partial charge in [0.25, 0.3) is 0 Å². The summed E-state index contributed by atoms with van der Waals surface area (Å²) >= 11 is 0. The number of hydrogen-bond donors (Lipinski definition) is 3. The summed E-state index contributed by atoms with van der Waals surface area (Å²) in [5.41, 5.74) is -0.629. The Balaban J connectivity index is 1.83. The van der Waals surface area contributed by atoms with E-state index in [2.05, 4.69) is 20.6 Å². The molecule has 1 saturated carbocycles. The highest BCUT2D eigenvalue weighted by molar-refractivity contribution is 7.92. The smallest absolute Gasteiger partial charge is 0.391 e. The Morgan fingerprint density at radius 2 is 1.79 bits per heavy atom. The Labute approximate surface area is 166 Å². The van der Waals surface area contributed by atoms with E-state index in [1.165, 1.54) is 38.1 Å². The van der Waals surface area contributed by atoms with Crippen molar-refractivity contribution in [3.8, 4) is 0 Å². The maximum Gasteiger partial charge on any atom is 0.421 e. The number of rotatable bonds is 7. The molecule has 3 N–H and O–H groups in total. The number of alkyl halides is 3. The highest BCUT2D eigenvalue weighted by atomic mass is 32.2. The highest BCUT2D eigenvalue weighted by Crippen LogP contribution is 2.35. The van der Waals surface area contributed by atoms with Crippen LogP contribution >= 0.6 is 0 Å². The second-order valence-corrected chi connectivity index (χ2v) is 9.25. The Morgan fingerprint density at radius 1 is 1.17 bits per heavy atom. The molecule has 158 valence electrons. The zero-order valence-corrected chi connectivity index (χ0v) is 16.5. The molecule has 3 rings (SSSR count). The average Bonchev–Trinajstić information content (AvgIpc) is 3.47. The molecule has 0 amide bonds. The van der Waals surface area contributed by atoms with Gasteiger partial charge in [0.15, 0.2) is 9.84 Å². The van der Waals surface area contributed by atoms with Crippen LogP contribution in [-0.4, -0.2) is 40.9 Å². The zero-order valence-electron chi connectivity index (χ0n) is 15.7. The quantitative estimate of drug-likeness (QED) is 0.619. The van der Waals surface area contributed by atoms with Gasteiger partial charge < -0.3 is 15.7 Å². The molecule has 1 aliphatic carbocycles. The van der Waals surface area contributed by atoms with Gasteiger partial charge in [0, 0.05) is 11.9 Å². The van der Waals surface area contributed by atoms with Crippen molar-refractivity contribution in [1.82, 2.24) is 9.97 Å². The number of aromatic nitrogens is 2. The molecule has 0 bridgehead atoms. The third-order valence-electron chi connectivity index (χ3n) is 4.58. The number of benzene rings is 1. The van der Waals surface area contributed by atoms with E-state index in [4.69, 9.17) is 0 Å². The highest BCUT2D eigenvalue weighted by Gasteiger charge is 2.37. The molecule has 1 aromatic heterocycles. The fourth-order valence-corrected chi connectivity index (χ4v) is 4.18. The van der Waals surface area contributed by atoms with E-state index in [1.807, 2.05) is 0 Å². The number of aliphatic hydroxyl groups is 1. The van der Waals surface area contributed by atoms with Gasteiger partial charge in [-0.1, -0.05) is 0 Å². The van der Waals surface area contributed by atoms with E-state index in [9.17, 15) is 26.7 Å². The topological polar surface area (TPSA) is 104 Å². The van der Waals surface area contributed by atoms with E-state index in [0.29, 0.717) is 24.7 Å². The van der Waals surface area contributed by atoms with Crippen LogP contribution < -0.4 is 10.6 Å². The Bertz CT molecular complexity index is 975. The number of hydrogen-bond acceptors (Lipinski definition) is 7. The number of halogens is 3. The first-order valence-corrected chi connectivity index (χ1v) is 10.5. The fourth-order valence-electron chi connectivity index (χ4n) is 2.52. The Morgan fingerprint density at radius 3 is 2.31 bits per heavy atom. The van der Waals surface area contributed by atoms with Gasteiger partial charge in [0.1, 0.15) is 11.4 Å². The van der Waals surface area contributed by atoms with Crippen molar-refractivity contribution >= 4 is 27.3 Å². The molecule has 11 heteroatoms. The first-order chi connectivity index (χ1) is 13.5. The van der Waals surface area contributed by atoms with Gasteiger partial charge in [0.05, 0.1) is 22.3 Å². The van der Waals surface area contributed by atoms with E-state index in [0.717, 1.165) is 0 Å². The lowest BCUT2D eigenvalue weighted by molar-refractivity contribution is -0.137. The molecule has 7 nitrogen and oxygen atoms in total. The van der Waals surface area contributed by atoms with Gasteiger partial charge in [-0.2, -0.15) is 18.2 Å². The van der Waals surface area contributed by atoms with Crippen molar-refractivity contribution in [3.63, 3.8) is 0 Å². The maximum atomic E-state index is 13.2. The minimum Gasteiger partial charge on any atom is -0.391 e. The summed E-state index contributed by atoms with van der Waals surface area (Å²) in [4.78, 5) is 7.78. The molecule has 2 unspecified atom stereocenters. The second-order valence-electron chi connectivity index (χ2n) is 7.02. The molecule has 0 spiro atoms. The third-order valence-corrected chi connectivity index (χ3v) is 6.86. The van der Waals surface area contributed by atoms with Crippen LogP contribution in [0.4, 0.5) is 30.6 Å². The molecule has 0 aliphatic heterocycles. The summed E-state index contributed by atoms with van der Waals surface area (Å²) in [6, 6.07) is 5.21. The molecule has 2 aromatic rings. The Hall–Kier alpha value is -2.40. The Kier molecular flexibility index (Phi) is 5.72. The monoisotopic (exact) mass is 430 g/mol. The minimum atomic E-state index is -4.67. The van der Waals surface area contributed by atoms with Gasteiger partial charge in [0.2, 0.25) is 5.95 Å². The van der Waals surface area contributed by atoms with Gasteiger partial charge in [-0.05, 0) is 51.0 Å². The van der Waals surface area contributed by atoms with Gasteiger partial charge in [-0.15, -0.1) is 0 Å². The lowest BCUT2D eigenvalue weighted by atomic mass is 10.2. The van der Waals surface area contributed by atoms with Crippen LogP contribution in [0.5, 0.6) is 0 Å². The molecule has 1 heterocycles. The second kappa shape index (κ2) is 7.79. The molecule has 1 aromatic carbocycles. The van der Waals surface area contributed by atoms with Crippen LogP contribution in [-0.2, 0) is 16.0 Å². The van der Waals surface area contributed by atoms with E-state index in [1.54, 1.807) is 0 Å². The molecule has 29 heavy (non-hydrogen) atoms. The van der Waals surface area contributed by atoms with Crippen LogP contribution in [0, 0.1) is 0 Å². The first kappa shape index (κ1) is 21.3. The van der Waals surface area contributed by atoms with E-state index >= 15 is 0 Å². The van der Waals surface area contributed by atoms with Crippen LogP contribution in [0.25, 0.3) is 0 Å². The summed E-state index contributed by atoms with van der Waals surface area (Å²) in [5.74, 6) is -0.563. The van der Waals surface area contributed by atoms with Gasteiger partial charge >= 0.3 is 6.18 Å². The fraction of sp³-hybridized carbons (Fsp3) is 0.444. The van der Waals surface area contributed by atoms with Crippen molar-refractivity contribution in [1.29, 1.82) is 0 Å². The SMILES string of the molecule is CC(O)C(C)Nc1nc(Nc2ccc(S(=O)(=O)C3CC3)cc2)ncc1C(F)(F)F. The largest absolute Gasteiger partial charge is 0.421 e. The van der Waals surface area contributed by atoms with Crippen molar-refractivity contribution in [2.24, 2.45) is 0 Å². The van der Waals surface area contributed by atoms with Gasteiger partial charge in [-0.25, -0.2) is 13.4 Å². The number of nitrogens with zero attached hydrogens (tertiary/aromatic N) is 2. The molecule has 2 atom stereocenters. The first-order valence-electron chi connectivity index (χ1n) is 8.98. The average molecular weight is 430 g/mol. The van der Waals surface area contributed by atoms with Crippen LogP contribution in [0.15, 0.2) is 35.4 Å². The summed E-state index contributed by atoms with van der Waals surface area (Å²) in [6.07, 6.45) is -3.61. The van der Waals surface area contributed by atoms with E-state index in [-0.39, 0.29) is 16.1 Å². The number of aliphatic hydroxyl groups excluding tert-OH is 1. The predicted octanol–water partition coefficient (Wildman–Crippen LogP) is 3.36. The summed E-state index contributed by atoms with van der Waals surface area (Å²) < 4.78 is 64.1. The molecular weight excluding hydrogens is 409 g/mol. The van der Waals surface area contributed by atoms with Crippen molar-refractivity contribution in [2.75, 3.05) is 10.6 Å². The number of anilines is 3. The van der Waals surface area contributed by atoms with E-state index < -0.39 is 39.5 Å². The normalized spacial score (nSPS) is 16.9. The molecular formula is C18H21F3N4O3S. The standard InChI is InChI=1S/C18H21F3N4O3S/c1-10(11(2)26)23-16-15(18(19,20)21)9-22-17(25-16)24-12-3-5-13(6-4-12)29(27,28)14-7-8-14/h3-6,9-11,14,26H,7-8H2,1-2H3,(H2,22,23,24,25). The van der Waals surface area contributed by atoms with Crippen LogP contribution in [0.1, 0.15) is 32.3 Å². The van der Waals surface area contributed by atoms with Crippen molar-refractivity contribution in [3.05, 3.63) is 36.0 Å². The predicted molar refractivity (Wildman–Crippen MR) is 102 cm³/mol. The van der Waals surface area contributed by atoms with Crippen molar-refractivity contribution in [2.45, 2.75) is 55.2 Å². The number of sulfone groups is 1. The lowest BCUT2D eigenvalue weighted by Gasteiger charge is -2.20. The van der Waals surface area contributed by atoms with Crippen LogP contribution in [0.3, 0.4) is 0 Å². The lowest BCUT2D eigenvalue weighted by Crippen LogP contribution is -2.29. The summed E-state index contributed by atoms with van der Waals surface area (Å²) in [7, 11) is -3.32. The van der Waals surface area contributed by atoms with Crippen molar-refractivity contribution < 1.29 is 26.7 Å². The maximum absolute atomic E-state index is 13.2. The van der Waals surface area contributed by atoms with Gasteiger partial charge in [-0.3, -0.25) is 0 Å². The number of nitrogens with one attached hydrogen (secondary N) is 2. The molecule has 0 saturated heterocycles. The minimum absolute atomic E-state index is 0.101.